The second kappa shape index (κ2) is 5.12. The summed E-state index contributed by atoms with van der Waals surface area (Å²) in [5, 5.41) is 4.22. The molecular formula is C11H13Cl2N3O. The van der Waals surface area contributed by atoms with E-state index in [1.54, 1.807) is 17.0 Å². The van der Waals surface area contributed by atoms with Gasteiger partial charge in [0.25, 0.3) is 0 Å². The van der Waals surface area contributed by atoms with Crippen LogP contribution in [0.3, 0.4) is 0 Å². The van der Waals surface area contributed by atoms with E-state index in [2.05, 4.69) is 5.32 Å². The van der Waals surface area contributed by atoms with Crippen LogP contribution in [-0.4, -0.2) is 30.6 Å². The number of urea groups is 1. The fraction of sp³-hybridized carbons (Fsp3) is 0.364. The number of nitrogens with one attached hydrogen (secondary N) is 1. The Bertz CT molecular complexity index is 439. The summed E-state index contributed by atoms with van der Waals surface area (Å²) >= 11 is 11.8. The monoisotopic (exact) mass is 273 g/mol. The lowest BCUT2D eigenvalue weighted by Crippen LogP contribution is -2.50. The average Bonchev–Trinajstić information content (AvgIpc) is 2.32. The first kappa shape index (κ1) is 12.5. The van der Waals surface area contributed by atoms with Crippen LogP contribution in [0.5, 0.6) is 0 Å². The van der Waals surface area contributed by atoms with Crippen molar-refractivity contribution in [2.75, 3.05) is 19.6 Å². The van der Waals surface area contributed by atoms with Gasteiger partial charge in [-0.05, 0) is 17.7 Å². The van der Waals surface area contributed by atoms with Crippen molar-refractivity contribution < 1.29 is 4.79 Å². The first-order valence-electron chi connectivity index (χ1n) is 5.31. The summed E-state index contributed by atoms with van der Waals surface area (Å²) in [5.74, 6) is 0. The van der Waals surface area contributed by atoms with Gasteiger partial charge in [0.05, 0.1) is 16.1 Å². The molecule has 1 aliphatic heterocycles. The van der Waals surface area contributed by atoms with Crippen LogP contribution >= 0.6 is 23.2 Å². The van der Waals surface area contributed by atoms with E-state index in [-0.39, 0.29) is 6.04 Å². The number of carbonyl (C=O) groups is 1. The van der Waals surface area contributed by atoms with E-state index >= 15 is 0 Å². The van der Waals surface area contributed by atoms with Gasteiger partial charge in [0.15, 0.2) is 0 Å². The fourth-order valence-electron chi connectivity index (χ4n) is 1.99. The Morgan fingerprint density at radius 1 is 1.41 bits per heavy atom. The molecule has 17 heavy (non-hydrogen) atoms. The number of amides is 2. The predicted octanol–water partition coefficient (Wildman–Crippen LogP) is 2.02. The molecule has 1 aromatic carbocycles. The van der Waals surface area contributed by atoms with E-state index < -0.39 is 6.03 Å². The fourth-order valence-corrected chi connectivity index (χ4v) is 2.29. The molecule has 6 heteroatoms. The summed E-state index contributed by atoms with van der Waals surface area (Å²) in [7, 11) is 0. The highest BCUT2D eigenvalue weighted by molar-refractivity contribution is 6.42. The van der Waals surface area contributed by atoms with Crippen molar-refractivity contribution >= 4 is 29.2 Å². The van der Waals surface area contributed by atoms with Gasteiger partial charge < -0.3 is 16.0 Å². The molecule has 0 saturated carbocycles. The van der Waals surface area contributed by atoms with Gasteiger partial charge in [-0.3, -0.25) is 0 Å². The lowest BCUT2D eigenvalue weighted by Gasteiger charge is -2.35. The van der Waals surface area contributed by atoms with Gasteiger partial charge in [-0.2, -0.15) is 0 Å². The lowest BCUT2D eigenvalue weighted by atomic mass is 10.0. The number of rotatable bonds is 1. The maximum atomic E-state index is 11.4. The van der Waals surface area contributed by atoms with Crippen LogP contribution < -0.4 is 11.1 Å². The molecule has 1 aliphatic rings. The number of hydrogen-bond acceptors (Lipinski definition) is 2. The van der Waals surface area contributed by atoms with Gasteiger partial charge in [-0.15, -0.1) is 0 Å². The van der Waals surface area contributed by atoms with Crippen molar-refractivity contribution in [2.45, 2.75) is 6.04 Å². The minimum absolute atomic E-state index is 0.0870. The van der Waals surface area contributed by atoms with E-state index in [1.807, 2.05) is 6.07 Å². The van der Waals surface area contributed by atoms with Crippen LogP contribution in [-0.2, 0) is 0 Å². The second-order valence-electron chi connectivity index (χ2n) is 3.93. The van der Waals surface area contributed by atoms with E-state index in [0.717, 1.165) is 12.1 Å². The molecule has 0 radical (unpaired) electrons. The molecule has 4 nitrogen and oxygen atoms in total. The Kier molecular flexibility index (Phi) is 3.76. The Balaban J connectivity index is 2.29. The lowest BCUT2D eigenvalue weighted by molar-refractivity contribution is 0.167. The van der Waals surface area contributed by atoms with Gasteiger partial charge in [0.2, 0.25) is 0 Å². The van der Waals surface area contributed by atoms with E-state index in [9.17, 15) is 4.79 Å². The third-order valence-electron chi connectivity index (χ3n) is 2.85. The smallest absolute Gasteiger partial charge is 0.315 e. The number of hydrogen-bond donors (Lipinski definition) is 2. The summed E-state index contributed by atoms with van der Waals surface area (Å²) < 4.78 is 0. The van der Waals surface area contributed by atoms with Crippen LogP contribution in [0.1, 0.15) is 11.6 Å². The van der Waals surface area contributed by atoms with Crippen LogP contribution in [0, 0.1) is 0 Å². The molecule has 1 atom stereocenters. The number of nitrogens with two attached hydrogens (primary N) is 1. The zero-order valence-electron chi connectivity index (χ0n) is 9.12. The third kappa shape index (κ3) is 2.65. The average molecular weight is 274 g/mol. The number of carbonyl (C=O) groups excluding carboxylic acids is 1. The SMILES string of the molecule is NC(=O)N1CCNCC1c1ccc(Cl)c(Cl)c1. The van der Waals surface area contributed by atoms with E-state index in [4.69, 9.17) is 28.9 Å². The van der Waals surface area contributed by atoms with Crippen molar-refractivity contribution in [1.82, 2.24) is 10.2 Å². The number of primary amides is 1. The molecule has 0 spiro atoms. The Morgan fingerprint density at radius 2 is 2.18 bits per heavy atom. The molecule has 2 rings (SSSR count). The molecule has 1 saturated heterocycles. The highest BCUT2D eigenvalue weighted by Crippen LogP contribution is 2.28. The number of halogens is 2. The normalized spacial score (nSPS) is 20.4. The van der Waals surface area contributed by atoms with Crippen LogP contribution in [0.15, 0.2) is 18.2 Å². The zero-order chi connectivity index (χ0) is 12.4. The molecular weight excluding hydrogens is 261 g/mol. The maximum absolute atomic E-state index is 11.4. The Morgan fingerprint density at radius 3 is 2.82 bits per heavy atom. The highest BCUT2D eigenvalue weighted by Gasteiger charge is 2.26. The van der Waals surface area contributed by atoms with Crippen molar-refractivity contribution in [2.24, 2.45) is 5.73 Å². The van der Waals surface area contributed by atoms with Crippen LogP contribution in [0.4, 0.5) is 4.79 Å². The topological polar surface area (TPSA) is 58.4 Å². The molecule has 3 N–H and O–H groups in total. The van der Waals surface area contributed by atoms with Gasteiger partial charge >= 0.3 is 6.03 Å². The number of benzene rings is 1. The zero-order valence-corrected chi connectivity index (χ0v) is 10.6. The van der Waals surface area contributed by atoms with Crippen molar-refractivity contribution in [3.63, 3.8) is 0 Å². The summed E-state index contributed by atoms with van der Waals surface area (Å²) in [6.45, 7) is 2.02. The molecule has 1 unspecified atom stereocenters. The minimum atomic E-state index is -0.414. The standard InChI is InChI=1S/C11H13Cl2N3O/c12-8-2-1-7(5-9(8)13)10-6-15-3-4-16(10)11(14)17/h1-2,5,10,15H,3-4,6H2,(H2,14,17). The van der Waals surface area contributed by atoms with E-state index in [0.29, 0.717) is 23.1 Å². The molecule has 1 heterocycles. The van der Waals surface area contributed by atoms with Crippen LogP contribution in [0.25, 0.3) is 0 Å². The second-order valence-corrected chi connectivity index (χ2v) is 4.74. The molecule has 0 aromatic heterocycles. The molecule has 2 amide bonds. The van der Waals surface area contributed by atoms with Gasteiger partial charge in [-0.1, -0.05) is 29.3 Å². The van der Waals surface area contributed by atoms with Gasteiger partial charge in [-0.25, -0.2) is 4.79 Å². The predicted molar refractivity (Wildman–Crippen MR) is 68.4 cm³/mol. The molecule has 92 valence electrons. The van der Waals surface area contributed by atoms with Gasteiger partial charge in [0, 0.05) is 19.6 Å². The molecule has 1 aromatic rings. The summed E-state index contributed by atoms with van der Waals surface area (Å²) in [4.78, 5) is 13.0. The minimum Gasteiger partial charge on any atom is -0.351 e. The molecule has 0 bridgehead atoms. The number of piperazine rings is 1. The summed E-state index contributed by atoms with van der Waals surface area (Å²) in [6, 6.07) is 4.87. The first-order chi connectivity index (χ1) is 8.09. The molecule has 0 aliphatic carbocycles. The largest absolute Gasteiger partial charge is 0.351 e. The Labute approximate surface area is 110 Å². The Hall–Kier alpha value is -0.970. The highest BCUT2D eigenvalue weighted by atomic mass is 35.5. The van der Waals surface area contributed by atoms with Crippen molar-refractivity contribution in [1.29, 1.82) is 0 Å². The third-order valence-corrected chi connectivity index (χ3v) is 3.59. The van der Waals surface area contributed by atoms with E-state index in [1.165, 1.54) is 0 Å². The quantitative estimate of drug-likeness (QED) is 0.823. The number of nitrogens with zero attached hydrogens (tertiary/aromatic N) is 1. The first-order valence-corrected chi connectivity index (χ1v) is 6.07. The van der Waals surface area contributed by atoms with Gasteiger partial charge in [0.1, 0.15) is 0 Å². The van der Waals surface area contributed by atoms with Crippen LogP contribution in [0.2, 0.25) is 10.0 Å². The molecule has 1 fully saturated rings. The van der Waals surface area contributed by atoms with Crippen molar-refractivity contribution in [3.8, 4) is 0 Å². The van der Waals surface area contributed by atoms with Crippen molar-refractivity contribution in [3.05, 3.63) is 33.8 Å². The summed E-state index contributed by atoms with van der Waals surface area (Å²) in [5.41, 5.74) is 6.30. The summed E-state index contributed by atoms with van der Waals surface area (Å²) in [6.07, 6.45) is 0. The maximum Gasteiger partial charge on any atom is 0.315 e.